The molecule has 35 heavy (non-hydrogen) atoms. The minimum absolute atomic E-state index is 0.0179. The molecule has 1 aliphatic heterocycles. The number of carbonyl (C=O) groups is 1. The zero-order valence-corrected chi connectivity index (χ0v) is 19.3. The Hall–Kier alpha value is -4.08. The average Bonchev–Trinajstić information content (AvgIpc) is 2.92. The number of hydrogen-bond donors (Lipinski definition) is 3. The van der Waals surface area contributed by atoms with Gasteiger partial charge in [-0.2, -0.15) is 0 Å². The van der Waals surface area contributed by atoms with Crippen LogP contribution in [0.5, 0.6) is 0 Å². The zero-order chi connectivity index (χ0) is 24.0. The van der Waals surface area contributed by atoms with E-state index >= 15 is 0 Å². The molecule has 2 aromatic heterocycles. The van der Waals surface area contributed by atoms with Gasteiger partial charge in [0.2, 0.25) is 5.95 Å². The summed E-state index contributed by atoms with van der Waals surface area (Å²) in [6.45, 7) is 3.62. The standard InChI is InChI=1S/C26H27N7O2/c27-10-11-28-23-9-6-19(16-29-23)22-3-1-2-20-17-30-26(32-24(20)22)31-21-7-4-18(5-8-21)25(34)33-12-14-35-15-13-33/h1-9,16-17H,10-15,27H2,(H,28,29)(H,30,31,32). The summed E-state index contributed by atoms with van der Waals surface area (Å²) >= 11 is 0. The number of benzene rings is 2. The lowest BCUT2D eigenvalue weighted by Crippen LogP contribution is -2.40. The Balaban J connectivity index is 1.35. The monoisotopic (exact) mass is 469 g/mol. The van der Waals surface area contributed by atoms with Gasteiger partial charge in [-0.15, -0.1) is 0 Å². The predicted octanol–water partition coefficient (Wildman–Crippen LogP) is 3.28. The molecule has 0 unspecified atom stereocenters. The second-order valence-electron chi connectivity index (χ2n) is 8.19. The number of morpholine rings is 1. The highest BCUT2D eigenvalue weighted by molar-refractivity contribution is 5.95. The third kappa shape index (κ3) is 5.21. The Morgan fingerprint density at radius 3 is 2.57 bits per heavy atom. The van der Waals surface area contributed by atoms with Gasteiger partial charge in [0.05, 0.1) is 18.7 Å². The van der Waals surface area contributed by atoms with Crippen molar-refractivity contribution in [2.45, 2.75) is 0 Å². The van der Waals surface area contributed by atoms with E-state index in [1.807, 2.05) is 65.7 Å². The largest absolute Gasteiger partial charge is 0.378 e. The van der Waals surface area contributed by atoms with Gasteiger partial charge in [0, 0.05) is 66.3 Å². The molecule has 0 spiro atoms. The van der Waals surface area contributed by atoms with E-state index in [2.05, 4.69) is 20.6 Å². The van der Waals surface area contributed by atoms with Gasteiger partial charge in [-0.1, -0.05) is 18.2 Å². The van der Waals surface area contributed by atoms with E-state index in [0.29, 0.717) is 50.9 Å². The highest BCUT2D eigenvalue weighted by atomic mass is 16.5. The maximum atomic E-state index is 12.7. The summed E-state index contributed by atoms with van der Waals surface area (Å²) in [5, 5.41) is 7.36. The maximum absolute atomic E-state index is 12.7. The number of aromatic nitrogens is 3. The van der Waals surface area contributed by atoms with Gasteiger partial charge in [0.15, 0.2) is 0 Å². The lowest BCUT2D eigenvalue weighted by atomic mass is 10.0. The molecule has 0 bridgehead atoms. The molecule has 1 fully saturated rings. The summed E-state index contributed by atoms with van der Waals surface area (Å²) in [4.78, 5) is 28.2. The Morgan fingerprint density at radius 2 is 1.83 bits per heavy atom. The first-order chi connectivity index (χ1) is 17.2. The van der Waals surface area contributed by atoms with E-state index in [0.717, 1.165) is 33.5 Å². The van der Waals surface area contributed by atoms with Crippen molar-refractivity contribution < 1.29 is 9.53 Å². The van der Waals surface area contributed by atoms with Crippen molar-refractivity contribution in [1.29, 1.82) is 0 Å². The number of nitrogens with two attached hydrogens (primary N) is 1. The summed E-state index contributed by atoms with van der Waals surface area (Å²) in [5.74, 6) is 1.28. The minimum Gasteiger partial charge on any atom is -0.378 e. The number of ether oxygens (including phenoxy) is 1. The van der Waals surface area contributed by atoms with Crippen LogP contribution in [0.4, 0.5) is 17.5 Å². The molecule has 5 rings (SSSR count). The summed E-state index contributed by atoms with van der Waals surface area (Å²) in [7, 11) is 0. The Kier molecular flexibility index (Phi) is 6.78. The third-order valence-electron chi connectivity index (χ3n) is 5.82. The van der Waals surface area contributed by atoms with Crippen molar-refractivity contribution in [1.82, 2.24) is 19.9 Å². The average molecular weight is 470 g/mol. The van der Waals surface area contributed by atoms with E-state index in [-0.39, 0.29) is 5.91 Å². The van der Waals surface area contributed by atoms with Gasteiger partial charge < -0.3 is 26.0 Å². The summed E-state index contributed by atoms with van der Waals surface area (Å²) in [6.07, 6.45) is 3.63. The van der Waals surface area contributed by atoms with Crippen LogP contribution in [0.3, 0.4) is 0 Å². The topological polar surface area (TPSA) is 118 Å². The fourth-order valence-electron chi connectivity index (χ4n) is 3.98. The van der Waals surface area contributed by atoms with Crippen molar-refractivity contribution in [3.8, 4) is 11.1 Å². The predicted molar refractivity (Wildman–Crippen MR) is 137 cm³/mol. The highest BCUT2D eigenvalue weighted by Gasteiger charge is 2.18. The lowest BCUT2D eigenvalue weighted by Gasteiger charge is -2.26. The molecular weight excluding hydrogens is 442 g/mol. The molecule has 1 saturated heterocycles. The third-order valence-corrected chi connectivity index (χ3v) is 5.82. The number of nitrogens with one attached hydrogen (secondary N) is 2. The fourth-order valence-corrected chi connectivity index (χ4v) is 3.98. The number of pyridine rings is 1. The molecule has 2 aromatic carbocycles. The minimum atomic E-state index is 0.0179. The first-order valence-electron chi connectivity index (χ1n) is 11.6. The first kappa shape index (κ1) is 22.7. The van der Waals surface area contributed by atoms with Crippen molar-refractivity contribution in [2.75, 3.05) is 50.0 Å². The van der Waals surface area contributed by atoms with Crippen molar-refractivity contribution in [3.63, 3.8) is 0 Å². The maximum Gasteiger partial charge on any atom is 0.254 e. The molecule has 178 valence electrons. The highest BCUT2D eigenvalue weighted by Crippen LogP contribution is 2.28. The Labute approximate surface area is 203 Å². The fraction of sp³-hybridized carbons (Fsp3) is 0.231. The van der Waals surface area contributed by atoms with Gasteiger partial charge >= 0.3 is 0 Å². The van der Waals surface area contributed by atoms with E-state index in [1.165, 1.54) is 0 Å². The van der Waals surface area contributed by atoms with Crippen molar-refractivity contribution in [3.05, 3.63) is 72.6 Å². The van der Waals surface area contributed by atoms with Crippen LogP contribution in [-0.2, 0) is 4.74 Å². The molecule has 9 nitrogen and oxygen atoms in total. The smallest absolute Gasteiger partial charge is 0.254 e. The summed E-state index contributed by atoms with van der Waals surface area (Å²) in [5.41, 5.74) is 9.76. The number of anilines is 3. The van der Waals surface area contributed by atoms with Crippen LogP contribution in [0.1, 0.15) is 10.4 Å². The molecule has 3 heterocycles. The number of para-hydroxylation sites is 1. The number of carbonyl (C=O) groups excluding carboxylic acids is 1. The molecular formula is C26H27N7O2. The van der Waals surface area contributed by atoms with Crippen LogP contribution in [-0.4, -0.2) is 65.2 Å². The van der Waals surface area contributed by atoms with Gasteiger partial charge in [0.25, 0.3) is 5.91 Å². The van der Waals surface area contributed by atoms with Gasteiger partial charge in [-0.05, 0) is 36.4 Å². The van der Waals surface area contributed by atoms with Crippen LogP contribution in [0.15, 0.2) is 67.0 Å². The molecule has 4 aromatic rings. The second-order valence-corrected chi connectivity index (χ2v) is 8.19. The van der Waals surface area contributed by atoms with Crippen LogP contribution in [0.2, 0.25) is 0 Å². The van der Waals surface area contributed by atoms with Crippen LogP contribution < -0.4 is 16.4 Å². The van der Waals surface area contributed by atoms with E-state index < -0.39 is 0 Å². The normalized spacial score (nSPS) is 13.6. The van der Waals surface area contributed by atoms with Crippen molar-refractivity contribution in [2.24, 2.45) is 5.73 Å². The van der Waals surface area contributed by atoms with E-state index in [1.54, 1.807) is 6.20 Å². The number of fused-ring (bicyclic) bond motifs is 1. The first-order valence-corrected chi connectivity index (χ1v) is 11.6. The van der Waals surface area contributed by atoms with E-state index in [9.17, 15) is 4.79 Å². The van der Waals surface area contributed by atoms with E-state index in [4.69, 9.17) is 15.5 Å². The number of hydrogen-bond acceptors (Lipinski definition) is 8. The van der Waals surface area contributed by atoms with Crippen LogP contribution in [0.25, 0.3) is 22.0 Å². The molecule has 9 heteroatoms. The van der Waals surface area contributed by atoms with Crippen LogP contribution in [0, 0.1) is 0 Å². The molecule has 1 amide bonds. The molecule has 4 N–H and O–H groups in total. The quantitative estimate of drug-likeness (QED) is 0.377. The number of rotatable bonds is 7. The van der Waals surface area contributed by atoms with Crippen molar-refractivity contribution >= 4 is 34.3 Å². The summed E-state index contributed by atoms with van der Waals surface area (Å²) < 4.78 is 5.33. The number of nitrogens with zero attached hydrogens (tertiary/aromatic N) is 4. The molecule has 0 aliphatic carbocycles. The SMILES string of the molecule is NCCNc1ccc(-c2cccc3cnc(Nc4ccc(C(=O)N5CCOCC5)cc4)nc23)cn1. The number of amides is 1. The lowest BCUT2D eigenvalue weighted by molar-refractivity contribution is 0.0303. The second kappa shape index (κ2) is 10.5. The van der Waals surface area contributed by atoms with Crippen LogP contribution >= 0.6 is 0 Å². The zero-order valence-electron chi connectivity index (χ0n) is 19.3. The molecule has 0 atom stereocenters. The summed E-state index contributed by atoms with van der Waals surface area (Å²) in [6, 6.07) is 17.3. The van der Waals surface area contributed by atoms with Gasteiger partial charge in [0.1, 0.15) is 5.82 Å². The molecule has 0 saturated carbocycles. The Bertz CT molecular complexity index is 1300. The Morgan fingerprint density at radius 1 is 1.00 bits per heavy atom. The molecule has 0 radical (unpaired) electrons. The van der Waals surface area contributed by atoms with Gasteiger partial charge in [-0.3, -0.25) is 4.79 Å². The van der Waals surface area contributed by atoms with Gasteiger partial charge in [-0.25, -0.2) is 15.0 Å². The molecule has 1 aliphatic rings.